The second kappa shape index (κ2) is 12.6. The number of hydrogen-bond donors (Lipinski definition) is 3. The first-order valence-corrected chi connectivity index (χ1v) is 12.0. The van der Waals surface area contributed by atoms with Gasteiger partial charge in [-0.1, -0.05) is 48.5 Å². The minimum atomic E-state index is -0.975. The summed E-state index contributed by atoms with van der Waals surface area (Å²) in [7, 11) is 3.21. The monoisotopic (exact) mass is 534 g/mol. The average molecular weight is 534 g/mol. The SMILES string of the molecule is CCOC(=O)c1cc2c(OC)cc3ccccc3c2[nH]1.COc1cc2ccccc2c2[nH]c(C(=O)O)cc12.[Li+].[OH-]. The molecule has 0 amide bonds. The van der Waals surface area contributed by atoms with Crippen LogP contribution in [0.2, 0.25) is 0 Å². The van der Waals surface area contributed by atoms with E-state index in [-0.39, 0.29) is 36.0 Å². The van der Waals surface area contributed by atoms with Crippen molar-refractivity contribution in [3.05, 3.63) is 84.2 Å². The molecule has 0 atom stereocenters. The van der Waals surface area contributed by atoms with Crippen LogP contribution in [0.5, 0.6) is 11.5 Å². The normalized spacial score (nSPS) is 10.4. The van der Waals surface area contributed by atoms with Gasteiger partial charge in [0, 0.05) is 21.5 Å². The van der Waals surface area contributed by atoms with Crippen molar-refractivity contribution in [2.24, 2.45) is 0 Å². The van der Waals surface area contributed by atoms with Crippen LogP contribution in [0.4, 0.5) is 0 Å². The minimum Gasteiger partial charge on any atom is -0.870 e. The van der Waals surface area contributed by atoms with E-state index in [1.54, 1.807) is 33.3 Å². The summed E-state index contributed by atoms with van der Waals surface area (Å²) in [5, 5.41) is 14.8. The second-order valence-corrected chi connectivity index (χ2v) is 8.57. The Bertz CT molecular complexity index is 1820. The predicted molar refractivity (Wildman–Crippen MR) is 150 cm³/mol. The smallest absolute Gasteiger partial charge is 0.870 e. The topological polar surface area (TPSA) is 144 Å². The van der Waals surface area contributed by atoms with E-state index in [2.05, 4.69) is 9.97 Å². The van der Waals surface area contributed by atoms with Gasteiger partial charge in [0.15, 0.2) is 0 Å². The Hall–Kier alpha value is -4.42. The number of aromatic nitrogens is 2. The van der Waals surface area contributed by atoms with Gasteiger partial charge >= 0.3 is 30.8 Å². The van der Waals surface area contributed by atoms with Crippen LogP contribution < -0.4 is 28.3 Å². The van der Waals surface area contributed by atoms with Crippen molar-refractivity contribution in [1.82, 2.24) is 9.97 Å². The number of nitrogens with one attached hydrogen (secondary N) is 2. The first-order valence-electron chi connectivity index (χ1n) is 12.0. The molecular weight excluding hydrogens is 507 g/mol. The van der Waals surface area contributed by atoms with Crippen molar-refractivity contribution in [1.29, 1.82) is 0 Å². The molecule has 0 aliphatic rings. The average Bonchev–Trinajstić information content (AvgIpc) is 3.59. The number of fused-ring (bicyclic) bond motifs is 6. The molecule has 0 saturated heterocycles. The maximum atomic E-state index is 11.9. The van der Waals surface area contributed by atoms with Crippen molar-refractivity contribution < 1.29 is 53.2 Å². The molecule has 0 aliphatic carbocycles. The molecule has 0 radical (unpaired) electrons. The fraction of sp³-hybridized carbons (Fsp3) is 0.133. The molecule has 200 valence electrons. The third-order valence-corrected chi connectivity index (χ3v) is 6.37. The van der Waals surface area contributed by atoms with Crippen molar-refractivity contribution in [3.63, 3.8) is 0 Å². The summed E-state index contributed by atoms with van der Waals surface area (Å²) in [5.74, 6) is 0.0881. The molecule has 9 nitrogen and oxygen atoms in total. The van der Waals surface area contributed by atoms with Crippen molar-refractivity contribution in [2.45, 2.75) is 6.92 Å². The van der Waals surface area contributed by atoms with Crippen LogP contribution in [-0.4, -0.2) is 53.3 Å². The van der Waals surface area contributed by atoms with Gasteiger partial charge in [-0.15, -0.1) is 0 Å². The van der Waals surface area contributed by atoms with Crippen molar-refractivity contribution in [3.8, 4) is 11.5 Å². The number of aromatic amines is 2. The van der Waals surface area contributed by atoms with Crippen LogP contribution in [0.3, 0.4) is 0 Å². The van der Waals surface area contributed by atoms with Gasteiger partial charge in [-0.3, -0.25) is 0 Å². The molecule has 4 aromatic carbocycles. The Kier molecular flexibility index (Phi) is 9.50. The fourth-order valence-electron chi connectivity index (χ4n) is 4.63. The zero-order valence-corrected chi connectivity index (χ0v) is 22.6. The Morgan fingerprint density at radius 3 is 1.62 bits per heavy atom. The zero-order chi connectivity index (χ0) is 26.8. The number of esters is 1. The number of methoxy groups -OCH3 is 2. The first kappa shape index (κ1) is 30.1. The van der Waals surface area contributed by atoms with Gasteiger partial charge < -0.3 is 34.8 Å². The number of hydrogen-bond acceptors (Lipinski definition) is 6. The number of carbonyl (C=O) groups excluding carboxylic acids is 1. The van der Waals surface area contributed by atoms with Crippen molar-refractivity contribution >= 4 is 55.3 Å². The van der Waals surface area contributed by atoms with Gasteiger partial charge in [-0.05, 0) is 42.0 Å². The maximum Gasteiger partial charge on any atom is 1.00 e. The molecule has 0 bridgehead atoms. The Labute approximate surface area is 241 Å². The summed E-state index contributed by atoms with van der Waals surface area (Å²) in [6.45, 7) is 2.14. The second-order valence-electron chi connectivity index (χ2n) is 8.57. The molecule has 10 heteroatoms. The van der Waals surface area contributed by atoms with E-state index in [4.69, 9.17) is 19.3 Å². The van der Waals surface area contributed by atoms with E-state index in [9.17, 15) is 9.59 Å². The fourth-order valence-corrected chi connectivity index (χ4v) is 4.63. The Morgan fingerprint density at radius 1 is 0.725 bits per heavy atom. The molecule has 2 aromatic heterocycles. The van der Waals surface area contributed by atoms with Gasteiger partial charge in [-0.25, -0.2) is 9.59 Å². The molecule has 2 heterocycles. The molecule has 0 saturated carbocycles. The molecule has 0 fully saturated rings. The summed E-state index contributed by atoms with van der Waals surface area (Å²) < 4.78 is 15.8. The minimum absolute atomic E-state index is 0. The number of carboxylic acid groups (broad SMARTS) is 1. The molecule has 6 rings (SSSR count). The van der Waals surface area contributed by atoms with E-state index in [0.29, 0.717) is 18.1 Å². The van der Waals surface area contributed by atoms with Gasteiger partial charge in [0.2, 0.25) is 0 Å². The van der Waals surface area contributed by atoms with E-state index in [0.717, 1.165) is 49.1 Å². The van der Waals surface area contributed by atoms with Crippen LogP contribution in [0.15, 0.2) is 72.8 Å². The van der Waals surface area contributed by atoms with E-state index in [1.807, 2.05) is 60.7 Å². The van der Waals surface area contributed by atoms with E-state index >= 15 is 0 Å². The number of aromatic carboxylic acids is 1. The predicted octanol–water partition coefficient (Wildman–Crippen LogP) is 3.36. The number of carboxylic acids is 1. The standard InChI is InChI=1S/C16H15NO3.C14H11NO3.Li.H2O/c1-3-20-16(18)13-9-12-14(19-2)8-10-6-4-5-7-11(10)15(12)17-13;1-18-12-6-8-4-2-3-5-9(8)13-10(12)7-11(15-13)14(16)17;;/h4-9,17H,3H2,1-2H3;2-7,15H,1H3,(H,16,17);;1H2/q;;+1;/p-1. The number of H-pyrrole nitrogens is 2. The molecule has 4 N–H and O–H groups in total. The quantitative estimate of drug-likeness (QED) is 0.227. The summed E-state index contributed by atoms with van der Waals surface area (Å²) in [6, 6.07) is 23.0. The molecule has 40 heavy (non-hydrogen) atoms. The van der Waals surface area contributed by atoms with Crippen LogP contribution in [0, 0.1) is 0 Å². The summed E-state index contributed by atoms with van der Waals surface area (Å²) in [6.07, 6.45) is 0. The van der Waals surface area contributed by atoms with Crippen LogP contribution in [0.1, 0.15) is 27.9 Å². The zero-order valence-electron chi connectivity index (χ0n) is 22.6. The van der Waals surface area contributed by atoms with E-state index in [1.165, 1.54) is 0 Å². The number of ether oxygens (including phenoxy) is 3. The number of rotatable bonds is 5. The Morgan fingerprint density at radius 2 is 1.18 bits per heavy atom. The third kappa shape index (κ3) is 5.49. The summed E-state index contributed by atoms with van der Waals surface area (Å²) in [5.41, 5.74) is 2.29. The van der Waals surface area contributed by atoms with Gasteiger partial charge in [0.25, 0.3) is 0 Å². The largest absolute Gasteiger partial charge is 1.00 e. The van der Waals surface area contributed by atoms with E-state index < -0.39 is 5.97 Å². The van der Waals surface area contributed by atoms with Gasteiger partial charge in [-0.2, -0.15) is 0 Å². The molecule has 0 unspecified atom stereocenters. The van der Waals surface area contributed by atoms with Gasteiger partial charge in [0.1, 0.15) is 22.9 Å². The number of benzene rings is 4. The summed E-state index contributed by atoms with van der Waals surface area (Å²) >= 11 is 0. The molecule has 0 aliphatic heterocycles. The first-order chi connectivity index (χ1) is 18.4. The third-order valence-electron chi connectivity index (χ3n) is 6.37. The molecule has 6 aromatic rings. The summed E-state index contributed by atoms with van der Waals surface area (Å²) in [4.78, 5) is 29.0. The van der Waals surface area contributed by atoms with Crippen molar-refractivity contribution in [2.75, 3.05) is 20.8 Å². The Balaban J connectivity index is 0.000000211. The van der Waals surface area contributed by atoms with Crippen LogP contribution >= 0.6 is 0 Å². The van der Waals surface area contributed by atoms with Crippen LogP contribution in [0.25, 0.3) is 43.4 Å². The maximum absolute atomic E-state index is 11.9. The number of carbonyl (C=O) groups is 2. The molecular formula is C30H27LiN2O7. The van der Waals surface area contributed by atoms with Crippen LogP contribution in [-0.2, 0) is 4.74 Å². The molecule has 0 spiro atoms. The van der Waals surface area contributed by atoms with Gasteiger partial charge in [0.05, 0.1) is 31.9 Å².